The molecule has 0 aromatic carbocycles. The van der Waals surface area contributed by atoms with E-state index >= 15 is 0 Å². The van der Waals surface area contributed by atoms with Crippen LogP contribution in [0.15, 0.2) is 0 Å². The number of carbonyl (C=O) groups excluding carboxylic acids is 2. The Labute approximate surface area is 102 Å². The molecule has 0 spiro atoms. The lowest BCUT2D eigenvalue weighted by Crippen LogP contribution is -2.48. The monoisotopic (exact) mass is 249 g/mol. The lowest BCUT2D eigenvalue weighted by atomic mass is 10.1. The second-order valence-corrected chi connectivity index (χ2v) is 3.99. The topological polar surface area (TPSA) is 61.4 Å². The molecule has 1 aliphatic heterocycles. The van der Waals surface area contributed by atoms with Gasteiger partial charge in [-0.1, -0.05) is 0 Å². The van der Waals surface area contributed by atoms with Crippen molar-refractivity contribution < 1.29 is 9.59 Å². The molecule has 2 N–H and O–H groups in total. The first-order valence-electron chi connectivity index (χ1n) is 5.31. The van der Waals surface area contributed by atoms with Crippen LogP contribution in [0, 0.1) is 0 Å². The van der Waals surface area contributed by atoms with Crippen LogP contribution in [0.5, 0.6) is 0 Å². The summed E-state index contributed by atoms with van der Waals surface area (Å²) in [6.45, 7) is 3.45. The van der Waals surface area contributed by atoms with Crippen molar-refractivity contribution in [1.82, 2.24) is 15.5 Å². The number of likely N-dealkylation sites (N-methyl/N-ethyl adjacent to an activating group) is 1. The van der Waals surface area contributed by atoms with Crippen LogP contribution in [0.1, 0.15) is 19.8 Å². The summed E-state index contributed by atoms with van der Waals surface area (Å²) in [6, 6.07) is 0.214. The van der Waals surface area contributed by atoms with Crippen LogP contribution >= 0.6 is 12.4 Å². The zero-order valence-corrected chi connectivity index (χ0v) is 10.6. The lowest BCUT2D eigenvalue weighted by Gasteiger charge is -2.24. The number of hydrogen-bond acceptors (Lipinski definition) is 3. The van der Waals surface area contributed by atoms with Crippen LogP contribution in [0.3, 0.4) is 0 Å². The molecule has 94 valence electrons. The molecule has 1 saturated heterocycles. The first-order chi connectivity index (χ1) is 7.09. The first-order valence-corrected chi connectivity index (χ1v) is 5.31. The zero-order valence-electron chi connectivity index (χ0n) is 9.78. The molecule has 0 radical (unpaired) electrons. The molecule has 1 rings (SSSR count). The predicted molar refractivity (Wildman–Crippen MR) is 64.6 cm³/mol. The summed E-state index contributed by atoms with van der Waals surface area (Å²) in [6.07, 6.45) is 2.11. The third-order valence-corrected chi connectivity index (χ3v) is 2.58. The smallest absolute Gasteiger partial charge is 0.239 e. The molecular weight excluding hydrogens is 230 g/mol. The van der Waals surface area contributed by atoms with Gasteiger partial charge in [0.15, 0.2) is 0 Å². The third-order valence-electron chi connectivity index (χ3n) is 2.58. The number of nitrogens with one attached hydrogen (secondary N) is 2. The van der Waals surface area contributed by atoms with Crippen molar-refractivity contribution in [1.29, 1.82) is 0 Å². The molecular formula is C10H20ClN3O2. The van der Waals surface area contributed by atoms with E-state index in [9.17, 15) is 9.59 Å². The van der Waals surface area contributed by atoms with E-state index in [1.165, 1.54) is 11.8 Å². The maximum atomic E-state index is 11.5. The van der Waals surface area contributed by atoms with Crippen molar-refractivity contribution in [3.63, 3.8) is 0 Å². The first kappa shape index (κ1) is 15.2. The van der Waals surface area contributed by atoms with Gasteiger partial charge >= 0.3 is 0 Å². The predicted octanol–water partition coefficient (Wildman–Crippen LogP) is -0.245. The van der Waals surface area contributed by atoms with Gasteiger partial charge in [0.05, 0.1) is 6.54 Å². The van der Waals surface area contributed by atoms with E-state index in [0.717, 1.165) is 25.9 Å². The van der Waals surface area contributed by atoms with E-state index in [1.54, 1.807) is 7.05 Å². The standard InChI is InChI=1S/C10H19N3O2.ClH/c1-8(14)13(2)7-10(15)12-9-4-3-5-11-6-9;/h9,11H,3-7H2,1-2H3,(H,12,15);1H. The molecule has 16 heavy (non-hydrogen) atoms. The van der Waals surface area contributed by atoms with Crippen LogP contribution in [-0.4, -0.2) is 49.4 Å². The normalized spacial score (nSPS) is 19.5. The number of carbonyl (C=O) groups is 2. The van der Waals surface area contributed by atoms with Crippen molar-refractivity contribution in [3.8, 4) is 0 Å². The number of hydrogen-bond donors (Lipinski definition) is 2. The highest BCUT2D eigenvalue weighted by Crippen LogP contribution is 2.00. The number of halogens is 1. The Morgan fingerprint density at radius 2 is 2.19 bits per heavy atom. The van der Waals surface area contributed by atoms with Crippen molar-refractivity contribution in [3.05, 3.63) is 0 Å². The Balaban J connectivity index is 0.00000225. The van der Waals surface area contributed by atoms with Crippen molar-refractivity contribution >= 4 is 24.2 Å². The molecule has 0 aromatic heterocycles. The van der Waals surface area contributed by atoms with Crippen LogP contribution < -0.4 is 10.6 Å². The minimum absolute atomic E-state index is 0. The lowest BCUT2D eigenvalue weighted by molar-refractivity contribution is -0.133. The largest absolute Gasteiger partial charge is 0.351 e. The van der Waals surface area contributed by atoms with Crippen molar-refractivity contribution in [2.45, 2.75) is 25.8 Å². The molecule has 1 atom stereocenters. The SMILES string of the molecule is CC(=O)N(C)CC(=O)NC1CCCNC1.Cl. The molecule has 0 bridgehead atoms. The van der Waals surface area contributed by atoms with Crippen LogP contribution in [0.4, 0.5) is 0 Å². The highest BCUT2D eigenvalue weighted by atomic mass is 35.5. The highest BCUT2D eigenvalue weighted by molar-refractivity contribution is 5.85. The van der Waals surface area contributed by atoms with E-state index < -0.39 is 0 Å². The van der Waals surface area contributed by atoms with Gasteiger partial charge in [0, 0.05) is 26.6 Å². The molecule has 1 unspecified atom stereocenters. The highest BCUT2D eigenvalue weighted by Gasteiger charge is 2.16. The molecule has 0 aromatic rings. The molecule has 1 aliphatic rings. The summed E-state index contributed by atoms with van der Waals surface area (Å²) in [4.78, 5) is 23.8. The summed E-state index contributed by atoms with van der Waals surface area (Å²) in [5.74, 6) is -0.173. The number of piperidine rings is 1. The van der Waals surface area contributed by atoms with Crippen LogP contribution in [0.2, 0.25) is 0 Å². The quantitative estimate of drug-likeness (QED) is 0.726. The summed E-state index contributed by atoms with van der Waals surface area (Å²) in [5.41, 5.74) is 0. The summed E-state index contributed by atoms with van der Waals surface area (Å²) in [5, 5.41) is 6.13. The van der Waals surface area contributed by atoms with Crippen molar-refractivity contribution in [2.75, 3.05) is 26.7 Å². The van der Waals surface area contributed by atoms with Crippen molar-refractivity contribution in [2.24, 2.45) is 0 Å². The van der Waals surface area contributed by atoms with Gasteiger partial charge in [-0.3, -0.25) is 9.59 Å². The van der Waals surface area contributed by atoms with Gasteiger partial charge in [-0.25, -0.2) is 0 Å². The van der Waals surface area contributed by atoms with E-state index in [1.807, 2.05) is 0 Å². The van der Waals surface area contributed by atoms with Crippen LogP contribution in [0.25, 0.3) is 0 Å². The van der Waals surface area contributed by atoms with E-state index in [2.05, 4.69) is 10.6 Å². The Morgan fingerprint density at radius 3 is 2.69 bits per heavy atom. The van der Waals surface area contributed by atoms with Crippen LogP contribution in [-0.2, 0) is 9.59 Å². The van der Waals surface area contributed by atoms with Gasteiger partial charge in [-0.15, -0.1) is 12.4 Å². The van der Waals surface area contributed by atoms with Gasteiger partial charge < -0.3 is 15.5 Å². The Bertz CT molecular complexity index is 242. The maximum absolute atomic E-state index is 11.5. The molecule has 2 amide bonds. The maximum Gasteiger partial charge on any atom is 0.239 e. The number of amides is 2. The fourth-order valence-corrected chi connectivity index (χ4v) is 1.58. The van der Waals surface area contributed by atoms with E-state index in [-0.39, 0.29) is 36.8 Å². The molecule has 1 heterocycles. The average molecular weight is 250 g/mol. The molecule has 5 nitrogen and oxygen atoms in total. The van der Waals surface area contributed by atoms with Gasteiger partial charge in [-0.05, 0) is 19.4 Å². The van der Waals surface area contributed by atoms with E-state index in [0.29, 0.717) is 0 Å². The molecule has 1 fully saturated rings. The fraction of sp³-hybridized carbons (Fsp3) is 0.800. The summed E-state index contributed by atoms with van der Waals surface area (Å²) < 4.78 is 0. The third kappa shape index (κ3) is 5.32. The molecule has 0 saturated carbocycles. The van der Waals surface area contributed by atoms with Gasteiger partial charge in [-0.2, -0.15) is 0 Å². The second kappa shape index (κ2) is 7.46. The molecule has 6 heteroatoms. The zero-order chi connectivity index (χ0) is 11.3. The van der Waals surface area contributed by atoms with Gasteiger partial charge in [0.1, 0.15) is 0 Å². The minimum Gasteiger partial charge on any atom is -0.351 e. The number of rotatable bonds is 3. The van der Waals surface area contributed by atoms with Gasteiger partial charge in [0.25, 0.3) is 0 Å². The fourth-order valence-electron chi connectivity index (χ4n) is 1.58. The number of nitrogens with zero attached hydrogens (tertiary/aromatic N) is 1. The Hall–Kier alpha value is -0.810. The Kier molecular flexibility index (Phi) is 7.08. The second-order valence-electron chi connectivity index (χ2n) is 3.99. The summed E-state index contributed by atoms with van der Waals surface area (Å²) >= 11 is 0. The summed E-state index contributed by atoms with van der Waals surface area (Å²) in [7, 11) is 1.63. The average Bonchev–Trinajstić information content (AvgIpc) is 2.18. The molecule has 0 aliphatic carbocycles. The Morgan fingerprint density at radius 1 is 1.50 bits per heavy atom. The van der Waals surface area contributed by atoms with E-state index in [4.69, 9.17) is 0 Å². The van der Waals surface area contributed by atoms with Gasteiger partial charge in [0.2, 0.25) is 11.8 Å². The minimum atomic E-state index is -0.0908.